The number of nitrogens with two attached hydrogens (primary N) is 1. The highest BCUT2D eigenvalue weighted by atomic mass is 16.3. The summed E-state index contributed by atoms with van der Waals surface area (Å²) in [5.41, 5.74) is 14.2. The zero-order valence-electron chi connectivity index (χ0n) is 34.1. The Hall–Kier alpha value is -5.88. The van der Waals surface area contributed by atoms with Gasteiger partial charge in [0.25, 0.3) is 0 Å². The van der Waals surface area contributed by atoms with Gasteiger partial charge in [-0.25, -0.2) is 0 Å². The zero-order valence-corrected chi connectivity index (χ0v) is 34.1. The molecule has 1 saturated carbocycles. The molecule has 1 heterocycles. The van der Waals surface area contributed by atoms with Crippen LogP contribution in [0.15, 0.2) is 78.9 Å². The van der Waals surface area contributed by atoms with E-state index in [9.17, 15) is 19.5 Å². The van der Waals surface area contributed by atoms with Crippen molar-refractivity contribution < 1.29 is 24.3 Å². The third-order valence-electron chi connectivity index (χ3n) is 10.2. The molecule has 1 atom stereocenters. The van der Waals surface area contributed by atoms with E-state index in [-0.39, 0.29) is 29.6 Å². The summed E-state index contributed by atoms with van der Waals surface area (Å²) in [5.74, 6) is -0.216. The molecule has 1 aliphatic heterocycles. The molecular weight excluding hydrogens is 719 g/mol. The Kier molecular flexibility index (Phi) is 21.0. The number of carbonyl (C=O) groups excluding carboxylic acids is 4. The van der Waals surface area contributed by atoms with Gasteiger partial charge in [-0.05, 0) is 104 Å². The van der Waals surface area contributed by atoms with Crippen LogP contribution in [0.5, 0.6) is 5.75 Å². The molecule has 0 bridgehead atoms. The fourth-order valence-corrected chi connectivity index (χ4v) is 6.78. The van der Waals surface area contributed by atoms with Crippen molar-refractivity contribution in [1.82, 2.24) is 15.5 Å². The van der Waals surface area contributed by atoms with Gasteiger partial charge >= 0.3 is 0 Å². The van der Waals surface area contributed by atoms with Crippen molar-refractivity contribution >= 4 is 53.8 Å². The Bertz CT molecular complexity index is 1830. The van der Waals surface area contributed by atoms with E-state index in [4.69, 9.17) is 21.3 Å². The summed E-state index contributed by atoms with van der Waals surface area (Å²) in [4.78, 5) is 41.5. The number of nitrogens with one attached hydrogen (secondary N) is 5. The average Bonchev–Trinajstić information content (AvgIpc) is 3.25. The maximum Gasteiger partial charge on any atom is 0.219 e. The van der Waals surface area contributed by atoms with Crippen LogP contribution >= 0.6 is 0 Å². The van der Waals surface area contributed by atoms with Gasteiger partial charge in [0.1, 0.15) is 24.7 Å². The number of amidine groups is 1. The Balaban J connectivity index is 0.000000598. The first kappa shape index (κ1) is 47.3. The lowest BCUT2D eigenvalue weighted by Crippen LogP contribution is -2.42. The molecule has 3 aromatic carbocycles. The number of hydrogen-bond donors (Lipinski definition) is 7. The quantitative estimate of drug-likeness (QED) is 0.0540. The predicted octanol–water partition coefficient (Wildman–Crippen LogP) is 6.58. The minimum atomic E-state index is -0.556. The number of aryl methyl sites for hydroxylation is 1. The minimum absolute atomic E-state index is 0.0346. The summed E-state index contributed by atoms with van der Waals surface area (Å²) in [6.07, 6.45) is 11.5. The van der Waals surface area contributed by atoms with E-state index in [1.165, 1.54) is 60.7 Å². The highest BCUT2D eigenvalue weighted by Gasteiger charge is 2.27. The number of nitrogens with zero attached hydrogens (tertiary/aromatic N) is 1. The number of benzene rings is 3. The molecule has 8 N–H and O–H groups in total. The molecule has 0 radical (unpaired) electrons. The molecule has 2 aliphatic rings. The van der Waals surface area contributed by atoms with Crippen molar-refractivity contribution in [2.75, 3.05) is 25.5 Å². The average molecular weight is 780 g/mol. The highest BCUT2D eigenvalue weighted by Crippen LogP contribution is 2.31. The highest BCUT2D eigenvalue weighted by molar-refractivity contribution is 6.27. The number of hydrogen-bond acceptors (Lipinski definition) is 9. The van der Waals surface area contributed by atoms with Crippen molar-refractivity contribution in [3.63, 3.8) is 0 Å². The maximum atomic E-state index is 10.7. The standard InChI is InChI=1S/C35H41N5O.C7H12N2O3.C2H6.CH2O/c1-23-6-5-8-33(24(23)2)39-28-14-16-29(17-15-28)40-20-18-26(19-21-40)25-10-12-27(13-11-25)31(35(37)38)22-32(36)30-7-3-4-9-34(30)41;1-8-7(12)3-2-6(4-10)9-5-11;2*1-2/h3-13,18,22,28-29,36,39,41H,14-17,19-21H2,1-2H3,(H3,37,38);4-6H,2-3H2,1H3,(H,8,12)(H,9,11);1-2H3;1H2/b31-22-,36-32?;;;. The van der Waals surface area contributed by atoms with Crippen molar-refractivity contribution in [1.29, 1.82) is 10.8 Å². The van der Waals surface area contributed by atoms with Crippen LogP contribution in [-0.4, -0.2) is 85.2 Å². The van der Waals surface area contributed by atoms with E-state index in [2.05, 4.69) is 71.1 Å². The van der Waals surface area contributed by atoms with Crippen molar-refractivity contribution in [2.45, 2.75) is 90.8 Å². The molecular formula is C45H61N7O5. The second-order valence-electron chi connectivity index (χ2n) is 13.6. The second-order valence-corrected chi connectivity index (χ2v) is 13.6. The van der Waals surface area contributed by atoms with Crippen molar-refractivity contribution in [2.24, 2.45) is 5.73 Å². The van der Waals surface area contributed by atoms with Gasteiger partial charge in [-0.15, -0.1) is 0 Å². The van der Waals surface area contributed by atoms with E-state index in [1.54, 1.807) is 30.3 Å². The smallest absolute Gasteiger partial charge is 0.219 e. The first-order chi connectivity index (χ1) is 27.5. The summed E-state index contributed by atoms with van der Waals surface area (Å²) >= 11 is 0. The normalized spacial score (nSPS) is 16.9. The minimum Gasteiger partial charge on any atom is -0.507 e. The monoisotopic (exact) mass is 779 g/mol. The van der Waals surface area contributed by atoms with Crippen LogP contribution in [0.1, 0.15) is 86.6 Å². The lowest BCUT2D eigenvalue weighted by molar-refractivity contribution is -0.121. The Morgan fingerprint density at radius 3 is 2.21 bits per heavy atom. The number of aldehydes is 1. The van der Waals surface area contributed by atoms with Crippen LogP contribution in [0.3, 0.4) is 0 Å². The number of allylic oxidation sites excluding steroid dienone is 1. The largest absolute Gasteiger partial charge is 0.507 e. The number of anilines is 1. The number of carbonyl (C=O) groups is 4. The fraction of sp³-hybridized carbons (Fsp3) is 0.378. The summed E-state index contributed by atoms with van der Waals surface area (Å²) in [5, 5.41) is 35.1. The molecule has 3 aromatic rings. The number of aromatic hydroxyl groups is 1. The number of rotatable bonds is 14. The molecule has 12 heteroatoms. The van der Waals surface area contributed by atoms with Crippen LogP contribution < -0.4 is 21.7 Å². The van der Waals surface area contributed by atoms with Crippen LogP contribution in [0, 0.1) is 24.7 Å². The molecule has 0 aromatic heterocycles. The number of phenolic OH excluding ortho intramolecular Hbond substituents is 1. The van der Waals surface area contributed by atoms with Gasteiger partial charge < -0.3 is 41.8 Å². The molecule has 0 spiro atoms. The first-order valence-electron chi connectivity index (χ1n) is 19.5. The Morgan fingerprint density at radius 1 is 0.982 bits per heavy atom. The second kappa shape index (κ2) is 25.3. The number of amides is 2. The summed E-state index contributed by atoms with van der Waals surface area (Å²) in [6, 6.07) is 22.0. The lowest BCUT2D eigenvalue weighted by atomic mass is 9.88. The van der Waals surface area contributed by atoms with Crippen LogP contribution in [0.2, 0.25) is 0 Å². The lowest BCUT2D eigenvalue weighted by Gasteiger charge is -2.39. The fourth-order valence-electron chi connectivity index (χ4n) is 6.78. The predicted molar refractivity (Wildman–Crippen MR) is 232 cm³/mol. The van der Waals surface area contributed by atoms with Gasteiger partial charge in [-0.2, -0.15) is 0 Å². The molecule has 1 unspecified atom stereocenters. The van der Waals surface area contributed by atoms with Gasteiger partial charge in [0.05, 0.1) is 11.8 Å². The molecule has 12 nitrogen and oxygen atoms in total. The van der Waals surface area contributed by atoms with Crippen molar-refractivity contribution in [3.8, 4) is 5.75 Å². The zero-order chi connectivity index (χ0) is 42.3. The molecule has 5 rings (SSSR count). The maximum absolute atomic E-state index is 10.7. The molecule has 2 amide bonds. The van der Waals surface area contributed by atoms with Gasteiger partial charge in [0.15, 0.2) is 0 Å². The van der Waals surface area contributed by atoms with Crippen LogP contribution in [0.25, 0.3) is 11.1 Å². The summed E-state index contributed by atoms with van der Waals surface area (Å²) in [7, 11) is 1.52. The third kappa shape index (κ3) is 14.6. The van der Waals surface area contributed by atoms with Gasteiger partial charge in [0.2, 0.25) is 12.3 Å². The number of para-hydroxylation sites is 1. The van der Waals surface area contributed by atoms with Crippen LogP contribution in [-0.2, 0) is 19.2 Å². The molecule has 1 aliphatic carbocycles. The van der Waals surface area contributed by atoms with Crippen LogP contribution in [0.4, 0.5) is 5.69 Å². The van der Waals surface area contributed by atoms with E-state index < -0.39 is 6.04 Å². The molecule has 57 heavy (non-hydrogen) atoms. The Morgan fingerprint density at radius 2 is 1.65 bits per heavy atom. The van der Waals surface area contributed by atoms with E-state index >= 15 is 0 Å². The summed E-state index contributed by atoms with van der Waals surface area (Å²) in [6.45, 7) is 12.4. The molecule has 0 saturated heterocycles. The molecule has 1 fully saturated rings. The van der Waals surface area contributed by atoms with E-state index in [0.717, 1.165) is 25.1 Å². The van der Waals surface area contributed by atoms with Gasteiger partial charge in [-0.1, -0.05) is 68.5 Å². The Labute approximate surface area is 338 Å². The van der Waals surface area contributed by atoms with Crippen molar-refractivity contribution in [3.05, 3.63) is 107 Å². The molecule has 306 valence electrons. The summed E-state index contributed by atoms with van der Waals surface area (Å²) < 4.78 is 0. The topological polar surface area (TPSA) is 202 Å². The van der Waals surface area contributed by atoms with Gasteiger partial charge in [-0.3, -0.25) is 19.9 Å². The van der Waals surface area contributed by atoms with Gasteiger partial charge in [0, 0.05) is 55.5 Å². The third-order valence-corrected chi connectivity index (χ3v) is 10.2. The SMILES string of the molecule is C=O.CC.CNC(=O)CCC(C=O)NC=O.Cc1cccc(NC2CCC(N3CC=C(c4ccc(/C(=C/C(=N)c5ccccc5O)C(=N)N)cc4)CC3)CC2)c1C. The van der Waals surface area contributed by atoms with E-state index in [0.29, 0.717) is 42.3 Å². The number of phenols is 1. The van der Waals surface area contributed by atoms with E-state index in [1.807, 2.05) is 32.8 Å². The first-order valence-corrected chi connectivity index (χ1v) is 19.5.